The molecule has 1 aromatic rings. The number of methoxy groups -OCH3 is 1. The van der Waals surface area contributed by atoms with Gasteiger partial charge in [-0.1, -0.05) is 32.9 Å². The Hall–Kier alpha value is -1.88. The average molecular weight is 290 g/mol. The first kappa shape index (κ1) is 15.5. The first-order valence-electron chi connectivity index (χ1n) is 7.19. The van der Waals surface area contributed by atoms with Gasteiger partial charge in [-0.2, -0.15) is 10.1 Å². The van der Waals surface area contributed by atoms with Crippen molar-refractivity contribution in [2.75, 3.05) is 7.11 Å². The summed E-state index contributed by atoms with van der Waals surface area (Å²) in [6.45, 7) is 5.57. The van der Waals surface area contributed by atoms with Gasteiger partial charge in [0.15, 0.2) is 5.72 Å². The van der Waals surface area contributed by atoms with Crippen LogP contribution in [0, 0.1) is 5.92 Å². The molecule has 21 heavy (non-hydrogen) atoms. The van der Waals surface area contributed by atoms with E-state index in [-0.39, 0.29) is 11.8 Å². The molecule has 0 radical (unpaired) electrons. The Morgan fingerprint density at radius 3 is 2.81 bits per heavy atom. The van der Waals surface area contributed by atoms with Crippen LogP contribution in [0.25, 0.3) is 0 Å². The largest absolute Gasteiger partial charge is 0.497 e. The molecule has 0 saturated carbocycles. The quantitative estimate of drug-likeness (QED) is 0.926. The van der Waals surface area contributed by atoms with E-state index in [1.54, 1.807) is 45.2 Å². The van der Waals surface area contributed by atoms with Gasteiger partial charge in [0.2, 0.25) is 5.91 Å². The van der Waals surface area contributed by atoms with Crippen molar-refractivity contribution < 1.29 is 14.6 Å². The molecule has 1 atom stereocenters. The first-order chi connectivity index (χ1) is 9.92. The molecule has 1 N–H and O–H groups in total. The van der Waals surface area contributed by atoms with Crippen LogP contribution in [0.15, 0.2) is 29.4 Å². The van der Waals surface area contributed by atoms with E-state index in [0.717, 1.165) is 5.71 Å². The lowest BCUT2D eigenvalue weighted by Gasteiger charge is -2.32. The summed E-state index contributed by atoms with van der Waals surface area (Å²) in [7, 11) is 1.57. The molecule has 0 aromatic heterocycles. The van der Waals surface area contributed by atoms with Crippen molar-refractivity contribution in [3.8, 4) is 5.75 Å². The molecule has 0 bridgehead atoms. The molecule has 1 aromatic carbocycles. The second kappa shape index (κ2) is 5.85. The van der Waals surface area contributed by atoms with Gasteiger partial charge < -0.3 is 9.84 Å². The number of amides is 1. The van der Waals surface area contributed by atoms with Gasteiger partial charge in [0.05, 0.1) is 7.11 Å². The Kier molecular flexibility index (Phi) is 4.32. The molecule has 114 valence electrons. The van der Waals surface area contributed by atoms with E-state index >= 15 is 0 Å². The summed E-state index contributed by atoms with van der Waals surface area (Å²) in [4.78, 5) is 12.4. The van der Waals surface area contributed by atoms with Gasteiger partial charge in [-0.05, 0) is 18.6 Å². The average Bonchev–Trinajstić information content (AvgIpc) is 2.84. The SMILES string of the molecule is CCC1=NN(C(=O)C(C)C)C(O)(c2cccc(OC)c2)C1. The van der Waals surface area contributed by atoms with Crippen molar-refractivity contribution in [3.63, 3.8) is 0 Å². The third-order valence-corrected chi connectivity index (χ3v) is 3.69. The van der Waals surface area contributed by atoms with Crippen LogP contribution in [0.5, 0.6) is 5.75 Å². The van der Waals surface area contributed by atoms with Gasteiger partial charge in [-0.25, -0.2) is 0 Å². The molecule has 0 fully saturated rings. The molecule has 5 nitrogen and oxygen atoms in total. The van der Waals surface area contributed by atoms with Crippen molar-refractivity contribution >= 4 is 11.6 Å². The molecule has 1 heterocycles. The number of benzene rings is 1. The van der Waals surface area contributed by atoms with Crippen LogP contribution in [0.2, 0.25) is 0 Å². The van der Waals surface area contributed by atoms with Gasteiger partial charge >= 0.3 is 0 Å². The van der Waals surface area contributed by atoms with Crippen LogP contribution >= 0.6 is 0 Å². The van der Waals surface area contributed by atoms with Crippen molar-refractivity contribution in [2.24, 2.45) is 11.0 Å². The first-order valence-corrected chi connectivity index (χ1v) is 7.19. The van der Waals surface area contributed by atoms with Gasteiger partial charge in [-0.3, -0.25) is 4.79 Å². The minimum absolute atomic E-state index is 0.191. The number of carbonyl (C=O) groups excluding carboxylic acids is 1. The highest BCUT2D eigenvalue weighted by atomic mass is 16.5. The number of ether oxygens (including phenoxy) is 1. The van der Waals surface area contributed by atoms with Crippen LogP contribution in [-0.2, 0) is 10.5 Å². The zero-order valence-electron chi connectivity index (χ0n) is 13.0. The molecule has 1 aliphatic rings. The highest BCUT2D eigenvalue weighted by molar-refractivity contribution is 5.91. The number of hydrogen-bond acceptors (Lipinski definition) is 4. The Balaban J connectivity index is 2.45. The van der Waals surface area contributed by atoms with Crippen molar-refractivity contribution in [3.05, 3.63) is 29.8 Å². The van der Waals surface area contributed by atoms with E-state index in [1.807, 2.05) is 6.92 Å². The zero-order chi connectivity index (χ0) is 15.6. The van der Waals surface area contributed by atoms with Crippen LogP contribution in [0.1, 0.15) is 39.2 Å². The zero-order valence-corrected chi connectivity index (χ0v) is 13.0. The van der Waals surface area contributed by atoms with E-state index in [2.05, 4.69) is 5.10 Å². The van der Waals surface area contributed by atoms with E-state index in [9.17, 15) is 9.90 Å². The number of hydrazone groups is 1. The predicted molar refractivity (Wildman–Crippen MR) is 80.9 cm³/mol. The summed E-state index contributed by atoms with van der Waals surface area (Å²) < 4.78 is 5.20. The molecular formula is C16H22N2O3. The molecule has 1 aliphatic heterocycles. The fourth-order valence-corrected chi connectivity index (χ4v) is 2.39. The Bertz CT molecular complexity index is 568. The van der Waals surface area contributed by atoms with Crippen LogP contribution in [0.4, 0.5) is 0 Å². The third-order valence-electron chi connectivity index (χ3n) is 3.69. The summed E-state index contributed by atoms with van der Waals surface area (Å²) in [5, 5.41) is 16.6. The summed E-state index contributed by atoms with van der Waals surface area (Å²) in [5.74, 6) is 0.216. The highest BCUT2D eigenvalue weighted by Gasteiger charge is 2.46. The minimum atomic E-state index is -1.43. The fourth-order valence-electron chi connectivity index (χ4n) is 2.39. The molecule has 2 rings (SSSR count). The smallest absolute Gasteiger partial charge is 0.248 e. The number of rotatable bonds is 4. The van der Waals surface area contributed by atoms with Gasteiger partial charge in [0, 0.05) is 23.6 Å². The van der Waals surface area contributed by atoms with E-state index < -0.39 is 5.72 Å². The van der Waals surface area contributed by atoms with Crippen LogP contribution in [-0.4, -0.2) is 28.8 Å². The summed E-state index contributed by atoms with van der Waals surface area (Å²) in [6, 6.07) is 7.14. The molecule has 1 amide bonds. The molecule has 1 unspecified atom stereocenters. The number of hydrogen-bond donors (Lipinski definition) is 1. The molecule has 0 spiro atoms. The maximum atomic E-state index is 12.4. The highest BCUT2D eigenvalue weighted by Crippen LogP contribution is 2.38. The lowest BCUT2D eigenvalue weighted by Crippen LogP contribution is -2.45. The fraction of sp³-hybridized carbons (Fsp3) is 0.500. The van der Waals surface area contributed by atoms with Gasteiger partial charge in [-0.15, -0.1) is 0 Å². The summed E-state index contributed by atoms with van der Waals surface area (Å²) in [5.41, 5.74) is -0.00121. The number of nitrogens with zero attached hydrogens (tertiary/aromatic N) is 2. The number of aliphatic hydroxyl groups is 1. The predicted octanol–water partition coefficient (Wildman–Crippen LogP) is 2.49. The molecule has 0 aliphatic carbocycles. The normalized spacial score (nSPS) is 21.6. The maximum absolute atomic E-state index is 12.4. The summed E-state index contributed by atoms with van der Waals surface area (Å²) in [6.07, 6.45) is 1.03. The third kappa shape index (κ3) is 2.78. The van der Waals surface area contributed by atoms with Gasteiger partial charge in [0.1, 0.15) is 5.75 Å². The van der Waals surface area contributed by atoms with E-state index in [4.69, 9.17) is 4.74 Å². The van der Waals surface area contributed by atoms with Gasteiger partial charge in [0.25, 0.3) is 0 Å². The Morgan fingerprint density at radius 1 is 1.52 bits per heavy atom. The number of carbonyl (C=O) groups is 1. The second-order valence-electron chi connectivity index (χ2n) is 5.55. The molecular weight excluding hydrogens is 268 g/mol. The Labute approximate surface area is 125 Å². The summed E-state index contributed by atoms with van der Waals surface area (Å²) >= 11 is 0. The second-order valence-corrected chi connectivity index (χ2v) is 5.55. The Morgan fingerprint density at radius 2 is 2.24 bits per heavy atom. The topological polar surface area (TPSA) is 62.1 Å². The lowest BCUT2D eigenvalue weighted by molar-refractivity contribution is -0.161. The lowest BCUT2D eigenvalue weighted by atomic mass is 9.95. The van der Waals surface area contributed by atoms with Crippen LogP contribution in [0.3, 0.4) is 0 Å². The van der Waals surface area contributed by atoms with Crippen molar-refractivity contribution in [2.45, 2.75) is 39.3 Å². The van der Waals surface area contributed by atoms with Crippen molar-refractivity contribution in [1.29, 1.82) is 0 Å². The van der Waals surface area contributed by atoms with Crippen molar-refractivity contribution in [1.82, 2.24) is 5.01 Å². The minimum Gasteiger partial charge on any atom is -0.497 e. The molecule has 0 saturated heterocycles. The van der Waals surface area contributed by atoms with E-state index in [0.29, 0.717) is 24.2 Å². The monoisotopic (exact) mass is 290 g/mol. The van der Waals surface area contributed by atoms with E-state index in [1.165, 1.54) is 5.01 Å². The standard InChI is InChI=1S/C16H22N2O3/c1-5-13-10-16(20,18(17-13)15(19)11(2)3)12-7-6-8-14(9-12)21-4/h6-9,11,20H,5,10H2,1-4H3. The molecule has 5 heteroatoms. The maximum Gasteiger partial charge on any atom is 0.248 e. The van der Waals surface area contributed by atoms with Crippen LogP contribution < -0.4 is 4.74 Å².